The number of benzene rings is 2. The van der Waals surface area contributed by atoms with Gasteiger partial charge in [0.1, 0.15) is 16.5 Å². The Balaban J connectivity index is 1.51. The van der Waals surface area contributed by atoms with E-state index in [0.29, 0.717) is 0 Å². The largest absolute Gasteiger partial charge is 0.493 e. The fourth-order valence-electron chi connectivity index (χ4n) is 5.07. The van der Waals surface area contributed by atoms with Gasteiger partial charge in [0.2, 0.25) is 0 Å². The van der Waals surface area contributed by atoms with Crippen molar-refractivity contribution in [1.82, 2.24) is 9.88 Å². The zero-order valence-electron chi connectivity index (χ0n) is 19.5. The Morgan fingerprint density at radius 1 is 1.03 bits per heavy atom. The van der Waals surface area contributed by atoms with E-state index in [2.05, 4.69) is 9.71 Å². The minimum atomic E-state index is -4.48. The van der Waals surface area contributed by atoms with Crippen LogP contribution in [0, 0.1) is 23.4 Å². The van der Waals surface area contributed by atoms with Crippen LogP contribution in [0.25, 0.3) is 0 Å². The molecule has 5 rings (SSSR count). The van der Waals surface area contributed by atoms with Crippen molar-refractivity contribution in [3.63, 3.8) is 0 Å². The van der Waals surface area contributed by atoms with E-state index in [1.807, 2.05) is 0 Å². The van der Waals surface area contributed by atoms with Gasteiger partial charge in [-0.3, -0.25) is 9.62 Å². The average molecular weight is 578 g/mol. The number of sulfonamides is 1. The molecule has 0 amide bonds. The fourth-order valence-corrected chi connectivity index (χ4v) is 6.93. The number of hydrogen-bond donors (Lipinski definition) is 1. The van der Waals surface area contributed by atoms with Crippen molar-refractivity contribution >= 4 is 26.5 Å². The highest BCUT2D eigenvalue weighted by molar-refractivity contribution is 7.93. The van der Waals surface area contributed by atoms with Crippen LogP contribution in [0.1, 0.15) is 42.5 Å². The second-order valence-corrected chi connectivity index (χ2v) is 11.7. The lowest BCUT2D eigenvalue weighted by Gasteiger charge is -2.46. The highest BCUT2D eigenvalue weighted by Gasteiger charge is 2.47. The summed E-state index contributed by atoms with van der Waals surface area (Å²) >= 11 is 1.01. The average Bonchev–Trinajstić information content (AvgIpc) is 3.36. The van der Waals surface area contributed by atoms with E-state index in [9.17, 15) is 30.4 Å². The topological polar surface area (TPSA) is 71.5 Å². The van der Waals surface area contributed by atoms with Gasteiger partial charge in [0.15, 0.2) is 16.8 Å². The van der Waals surface area contributed by atoms with E-state index in [4.69, 9.17) is 4.74 Å². The van der Waals surface area contributed by atoms with Crippen LogP contribution >= 0.6 is 11.3 Å². The molecule has 6 nitrogen and oxygen atoms in total. The number of nitrogens with one attached hydrogen (secondary N) is 1. The lowest BCUT2D eigenvalue weighted by Crippen LogP contribution is -2.44. The fraction of sp³-hybridized carbons (Fsp3) is 0.375. The molecule has 3 aromatic rings. The summed E-state index contributed by atoms with van der Waals surface area (Å²) in [7, 11) is -4.35. The number of anilines is 1. The molecule has 3 heterocycles. The van der Waals surface area contributed by atoms with Gasteiger partial charge in [0.25, 0.3) is 10.0 Å². The first-order valence-electron chi connectivity index (χ1n) is 11.6. The quantitative estimate of drug-likeness (QED) is 0.366. The standard InChI is InChI=1S/C24H21F6N3O3S2/c25-16-2-1-13(9-17(16)26)20-10-14(24(28,29)30)3-6-33(20)19-4-7-36-21-12-22(18(27)11-15(19)21)38(34,35)32-23-31-5-8-37-23/h1-2,5,8-9,11-12,14,19-20H,3-4,6-7,10H2,(H,31,32)/t14-,19+,20+/m1/s1. The van der Waals surface area contributed by atoms with Gasteiger partial charge < -0.3 is 4.74 Å². The number of hydrogen-bond acceptors (Lipinski definition) is 6. The number of ether oxygens (including phenoxy) is 1. The van der Waals surface area contributed by atoms with Gasteiger partial charge in [-0.2, -0.15) is 13.2 Å². The zero-order chi connectivity index (χ0) is 27.2. The van der Waals surface area contributed by atoms with Crippen LogP contribution in [0.15, 0.2) is 46.8 Å². The molecule has 2 aliphatic heterocycles. The lowest BCUT2D eigenvalue weighted by atomic mass is 9.84. The summed E-state index contributed by atoms with van der Waals surface area (Å²) in [6.07, 6.45) is -3.45. The number of rotatable bonds is 5. The number of alkyl halides is 3. The van der Waals surface area contributed by atoms with E-state index in [1.165, 1.54) is 12.3 Å². The molecule has 1 aromatic heterocycles. The van der Waals surface area contributed by atoms with Gasteiger partial charge in [0, 0.05) is 41.7 Å². The first-order valence-corrected chi connectivity index (χ1v) is 14.0. The zero-order valence-corrected chi connectivity index (χ0v) is 21.1. The van der Waals surface area contributed by atoms with E-state index in [0.717, 1.165) is 35.6 Å². The molecule has 0 bridgehead atoms. The van der Waals surface area contributed by atoms with Gasteiger partial charge in [-0.05, 0) is 43.1 Å². The second kappa shape index (κ2) is 10.0. The van der Waals surface area contributed by atoms with Crippen molar-refractivity contribution < 1.29 is 39.5 Å². The van der Waals surface area contributed by atoms with Crippen LogP contribution in [0.3, 0.4) is 0 Å². The third-order valence-corrected chi connectivity index (χ3v) is 9.02. The second-order valence-electron chi connectivity index (χ2n) is 9.11. The van der Waals surface area contributed by atoms with Gasteiger partial charge in [0.05, 0.1) is 12.5 Å². The number of fused-ring (bicyclic) bond motifs is 1. The Labute approximate surface area is 218 Å². The van der Waals surface area contributed by atoms with Gasteiger partial charge >= 0.3 is 6.18 Å². The number of thiazole rings is 1. The van der Waals surface area contributed by atoms with Gasteiger partial charge in [-0.15, -0.1) is 11.3 Å². The molecule has 0 spiro atoms. The first kappa shape index (κ1) is 26.8. The van der Waals surface area contributed by atoms with E-state index >= 15 is 4.39 Å². The summed E-state index contributed by atoms with van der Waals surface area (Å²) in [5.41, 5.74) is 0.429. The lowest BCUT2D eigenvalue weighted by molar-refractivity contribution is -0.192. The smallest absolute Gasteiger partial charge is 0.391 e. The highest BCUT2D eigenvalue weighted by Crippen LogP contribution is 2.48. The molecule has 0 radical (unpaired) electrons. The molecule has 3 atom stereocenters. The van der Waals surface area contributed by atoms with Crippen LogP contribution in [-0.2, 0) is 10.0 Å². The number of likely N-dealkylation sites (tertiary alicyclic amines) is 1. The molecule has 0 unspecified atom stereocenters. The monoisotopic (exact) mass is 577 g/mol. The number of nitrogens with zero attached hydrogens (tertiary/aromatic N) is 2. The van der Waals surface area contributed by atoms with E-state index < -0.39 is 63.0 Å². The molecule has 1 fully saturated rings. The minimum absolute atomic E-state index is 0.0443. The molecule has 2 aliphatic rings. The summed E-state index contributed by atoms with van der Waals surface area (Å²) < 4.78 is 117. The molecule has 2 aromatic carbocycles. The Bertz CT molecular complexity index is 1430. The Morgan fingerprint density at radius 2 is 1.82 bits per heavy atom. The third kappa shape index (κ3) is 5.21. The normalized spacial score (nSPS) is 22.5. The summed E-state index contributed by atoms with van der Waals surface area (Å²) in [5, 5.41) is 1.59. The van der Waals surface area contributed by atoms with E-state index in [-0.39, 0.29) is 48.0 Å². The third-order valence-electron chi connectivity index (χ3n) is 6.85. The van der Waals surface area contributed by atoms with Crippen molar-refractivity contribution in [3.8, 4) is 5.75 Å². The van der Waals surface area contributed by atoms with Crippen molar-refractivity contribution in [3.05, 3.63) is 70.5 Å². The minimum Gasteiger partial charge on any atom is -0.493 e. The maximum Gasteiger partial charge on any atom is 0.391 e. The maximum atomic E-state index is 15.2. The molecule has 0 saturated carbocycles. The van der Waals surface area contributed by atoms with E-state index in [1.54, 1.807) is 10.3 Å². The summed E-state index contributed by atoms with van der Waals surface area (Å²) in [5.74, 6) is -4.96. The maximum absolute atomic E-state index is 15.2. The van der Waals surface area contributed by atoms with Crippen LogP contribution in [-0.4, -0.2) is 37.6 Å². The van der Waals surface area contributed by atoms with Gasteiger partial charge in [-0.25, -0.2) is 26.6 Å². The Morgan fingerprint density at radius 3 is 2.50 bits per heavy atom. The van der Waals surface area contributed by atoms with Crippen molar-refractivity contribution in [2.45, 2.75) is 42.4 Å². The van der Waals surface area contributed by atoms with Crippen LogP contribution in [0.4, 0.5) is 31.5 Å². The molecular formula is C24H21F6N3O3S2. The van der Waals surface area contributed by atoms with Crippen LogP contribution in [0.5, 0.6) is 5.75 Å². The molecular weight excluding hydrogens is 556 g/mol. The number of aromatic nitrogens is 1. The van der Waals surface area contributed by atoms with Crippen molar-refractivity contribution in [2.24, 2.45) is 5.92 Å². The highest BCUT2D eigenvalue weighted by atomic mass is 32.2. The van der Waals surface area contributed by atoms with Crippen LogP contribution in [0.2, 0.25) is 0 Å². The molecule has 204 valence electrons. The molecule has 1 saturated heterocycles. The molecule has 38 heavy (non-hydrogen) atoms. The van der Waals surface area contributed by atoms with Crippen molar-refractivity contribution in [2.75, 3.05) is 17.9 Å². The molecule has 1 N–H and O–H groups in total. The SMILES string of the molecule is O=S(=O)(Nc1nccs1)c1cc2c(cc1F)[C@@H](N1CC[C@@H](C(F)(F)F)C[C@H]1c1ccc(F)c(F)c1)CCO2. The first-order chi connectivity index (χ1) is 17.9. The number of halogens is 6. The summed E-state index contributed by atoms with van der Waals surface area (Å²) in [4.78, 5) is 4.87. The van der Waals surface area contributed by atoms with Crippen molar-refractivity contribution in [1.29, 1.82) is 0 Å². The summed E-state index contributed by atoms with van der Waals surface area (Å²) in [6.45, 7) is 0.0393. The predicted molar refractivity (Wildman–Crippen MR) is 127 cm³/mol. The molecule has 14 heteroatoms. The van der Waals surface area contributed by atoms with Crippen LogP contribution < -0.4 is 9.46 Å². The predicted octanol–water partition coefficient (Wildman–Crippen LogP) is 6.20. The summed E-state index contributed by atoms with van der Waals surface area (Å²) in [6, 6.07) is 3.45. The Hall–Kier alpha value is -2.84. The Kier molecular flexibility index (Phi) is 7.07. The number of piperidine rings is 1. The van der Waals surface area contributed by atoms with Gasteiger partial charge in [-0.1, -0.05) is 6.07 Å². The molecule has 0 aliphatic carbocycles.